The minimum atomic E-state index is -2.66. The van der Waals surface area contributed by atoms with Crippen LogP contribution in [-0.4, -0.2) is 36.5 Å². The Bertz CT molecular complexity index is 1510. The Labute approximate surface area is 215 Å². The maximum Gasteiger partial charge on any atom is 0.171 e. The normalized spacial score (nSPS) is 14.7. The van der Waals surface area contributed by atoms with Crippen LogP contribution in [0.4, 0.5) is 17.1 Å². The molecule has 0 aliphatic carbocycles. The number of anilines is 3. The molecule has 7 nitrogen and oxygen atoms in total. The fourth-order valence-corrected chi connectivity index (χ4v) is 10.7. The average Bonchev–Trinajstić information content (AvgIpc) is 2.93. The van der Waals surface area contributed by atoms with Crippen LogP contribution < -0.4 is 48.9 Å². The summed E-state index contributed by atoms with van der Waals surface area (Å²) in [6.45, 7) is 2.36. The van der Waals surface area contributed by atoms with Gasteiger partial charge in [0.1, 0.15) is 23.0 Å². The third-order valence-electron chi connectivity index (χ3n) is 7.65. The van der Waals surface area contributed by atoms with Gasteiger partial charge in [-0.2, -0.15) is 0 Å². The molecule has 7 rings (SSSR count). The fraction of sp³-hybridized carbons (Fsp3) is 0.172. The van der Waals surface area contributed by atoms with Gasteiger partial charge in [0.05, 0.1) is 39.8 Å². The SMILES string of the molecule is COc1ccc(N2c3ccc(OC)c4c3[Si]3(C)c5c(cc(OC)cc5Oc5c(OC)ccc2c53)O4)cc1. The van der Waals surface area contributed by atoms with Gasteiger partial charge in [0.15, 0.2) is 31.1 Å². The Morgan fingerprint density at radius 3 is 1.57 bits per heavy atom. The first-order valence-electron chi connectivity index (χ1n) is 12.0. The molecule has 0 atom stereocenters. The molecule has 0 saturated heterocycles. The lowest BCUT2D eigenvalue weighted by atomic mass is 10.1. The lowest BCUT2D eigenvalue weighted by Gasteiger charge is -2.48. The molecular weight excluding hydrogens is 486 g/mol. The Morgan fingerprint density at radius 2 is 1.11 bits per heavy atom. The molecule has 8 heteroatoms. The van der Waals surface area contributed by atoms with Crippen molar-refractivity contribution < 1.29 is 28.4 Å². The van der Waals surface area contributed by atoms with Crippen LogP contribution in [0, 0.1) is 0 Å². The zero-order valence-electron chi connectivity index (χ0n) is 21.2. The predicted molar refractivity (Wildman–Crippen MR) is 144 cm³/mol. The summed E-state index contributed by atoms with van der Waals surface area (Å²) in [6, 6.07) is 20.2. The fourth-order valence-electron chi connectivity index (χ4n) is 6.04. The molecule has 0 aromatic heterocycles. The Hall–Kier alpha value is -4.30. The zero-order chi connectivity index (χ0) is 25.5. The van der Waals surface area contributed by atoms with Crippen molar-refractivity contribution in [3.8, 4) is 46.0 Å². The number of nitrogens with zero attached hydrogens (tertiary/aromatic N) is 1. The van der Waals surface area contributed by atoms with Crippen molar-refractivity contribution in [3.05, 3.63) is 60.7 Å². The van der Waals surface area contributed by atoms with E-state index in [4.69, 9.17) is 28.4 Å². The molecule has 3 aliphatic heterocycles. The largest absolute Gasteiger partial charge is 0.497 e. The van der Waals surface area contributed by atoms with Gasteiger partial charge in [0.25, 0.3) is 0 Å². The Kier molecular flexibility index (Phi) is 4.51. The molecule has 0 bridgehead atoms. The third kappa shape index (κ3) is 2.70. The van der Waals surface area contributed by atoms with E-state index in [0.29, 0.717) is 17.2 Å². The van der Waals surface area contributed by atoms with Crippen molar-refractivity contribution >= 4 is 40.7 Å². The van der Waals surface area contributed by atoms with Crippen molar-refractivity contribution in [1.82, 2.24) is 0 Å². The topological polar surface area (TPSA) is 58.6 Å². The van der Waals surface area contributed by atoms with E-state index >= 15 is 0 Å². The Morgan fingerprint density at radius 1 is 0.595 bits per heavy atom. The first kappa shape index (κ1) is 21.9. The zero-order valence-corrected chi connectivity index (χ0v) is 22.2. The van der Waals surface area contributed by atoms with Crippen LogP contribution in [0.25, 0.3) is 0 Å². The highest BCUT2D eigenvalue weighted by Gasteiger charge is 2.56. The van der Waals surface area contributed by atoms with Crippen LogP contribution in [0.3, 0.4) is 0 Å². The molecule has 4 aromatic carbocycles. The highest BCUT2D eigenvalue weighted by Crippen LogP contribution is 2.53. The first-order valence-corrected chi connectivity index (χ1v) is 14.5. The van der Waals surface area contributed by atoms with Gasteiger partial charge < -0.3 is 33.3 Å². The van der Waals surface area contributed by atoms with E-state index in [1.807, 2.05) is 36.4 Å². The quantitative estimate of drug-likeness (QED) is 0.314. The van der Waals surface area contributed by atoms with Gasteiger partial charge in [-0.3, -0.25) is 0 Å². The van der Waals surface area contributed by atoms with Crippen LogP contribution in [-0.2, 0) is 0 Å². The van der Waals surface area contributed by atoms with Crippen LogP contribution in [0.15, 0.2) is 60.7 Å². The van der Waals surface area contributed by atoms with E-state index < -0.39 is 8.07 Å². The molecule has 3 aliphatic rings. The number of hydrogen-bond donors (Lipinski definition) is 0. The minimum Gasteiger partial charge on any atom is -0.497 e. The molecule has 0 saturated carbocycles. The van der Waals surface area contributed by atoms with Gasteiger partial charge >= 0.3 is 0 Å². The maximum atomic E-state index is 6.63. The second kappa shape index (κ2) is 7.60. The Balaban J connectivity index is 1.62. The van der Waals surface area contributed by atoms with Crippen molar-refractivity contribution in [2.45, 2.75) is 6.55 Å². The molecule has 3 heterocycles. The summed E-state index contributed by atoms with van der Waals surface area (Å²) in [4.78, 5) is 2.26. The van der Waals surface area contributed by atoms with Crippen molar-refractivity contribution in [2.24, 2.45) is 0 Å². The number of methoxy groups -OCH3 is 4. The van der Waals surface area contributed by atoms with E-state index in [1.165, 1.54) is 0 Å². The van der Waals surface area contributed by atoms with Crippen molar-refractivity contribution in [2.75, 3.05) is 33.3 Å². The molecule has 0 spiro atoms. The van der Waals surface area contributed by atoms with E-state index in [-0.39, 0.29) is 0 Å². The number of ether oxygens (including phenoxy) is 6. The molecular formula is C29H25NO6Si. The molecule has 4 aromatic rings. The first-order chi connectivity index (χ1) is 18.0. The van der Waals surface area contributed by atoms with Gasteiger partial charge in [-0.15, -0.1) is 0 Å². The molecule has 0 fully saturated rings. The van der Waals surface area contributed by atoms with Gasteiger partial charge in [0.2, 0.25) is 0 Å². The molecule has 37 heavy (non-hydrogen) atoms. The number of benzene rings is 4. The lowest BCUT2D eigenvalue weighted by molar-refractivity contribution is 0.368. The summed E-state index contributed by atoms with van der Waals surface area (Å²) in [7, 11) is 4.00. The maximum absolute atomic E-state index is 6.63. The summed E-state index contributed by atoms with van der Waals surface area (Å²) in [5.74, 6) is 5.80. The third-order valence-corrected chi connectivity index (χ3v) is 12.1. The second-order valence-corrected chi connectivity index (χ2v) is 13.1. The predicted octanol–water partition coefficient (Wildman–Crippen LogP) is 4.82. The van der Waals surface area contributed by atoms with Crippen LogP contribution in [0.2, 0.25) is 6.55 Å². The van der Waals surface area contributed by atoms with E-state index in [9.17, 15) is 0 Å². The monoisotopic (exact) mass is 511 g/mol. The van der Waals surface area contributed by atoms with Crippen molar-refractivity contribution in [3.63, 3.8) is 0 Å². The highest BCUT2D eigenvalue weighted by atomic mass is 28.3. The van der Waals surface area contributed by atoms with Gasteiger partial charge in [-0.1, -0.05) is 6.55 Å². The van der Waals surface area contributed by atoms with Crippen LogP contribution in [0.5, 0.6) is 46.0 Å². The van der Waals surface area contributed by atoms with Crippen molar-refractivity contribution in [1.29, 1.82) is 0 Å². The summed E-state index contributed by atoms with van der Waals surface area (Å²) in [5.41, 5.74) is 3.13. The summed E-state index contributed by atoms with van der Waals surface area (Å²) in [6.07, 6.45) is 0. The molecule has 0 radical (unpaired) electrons. The minimum absolute atomic E-state index is 0.666. The van der Waals surface area contributed by atoms with E-state index in [0.717, 1.165) is 61.4 Å². The second-order valence-electron chi connectivity index (χ2n) is 9.34. The summed E-state index contributed by atoms with van der Waals surface area (Å²) in [5, 5.41) is 3.38. The molecule has 0 amide bonds. The van der Waals surface area contributed by atoms with Crippen LogP contribution >= 0.6 is 0 Å². The van der Waals surface area contributed by atoms with Gasteiger partial charge in [-0.05, 0) is 48.5 Å². The van der Waals surface area contributed by atoms with E-state index in [2.05, 4.69) is 35.7 Å². The molecule has 186 valence electrons. The average molecular weight is 512 g/mol. The summed E-state index contributed by atoms with van der Waals surface area (Å²) >= 11 is 0. The standard InChI is InChI=1S/C29H25NO6Si/c1-31-17-8-6-16(7-9-17)30-19-10-12-21(33-3)25-27(19)37(5)28-20(30)11-13-22(34-4)26(28)36-24-15-18(32-2)14-23(35-25)29(24)37/h6-15H,1-5H3. The smallest absolute Gasteiger partial charge is 0.171 e. The van der Waals surface area contributed by atoms with Crippen LogP contribution in [0.1, 0.15) is 0 Å². The highest BCUT2D eigenvalue weighted by molar-refractivity contribution is 7.14. The van der Waals surface area contributed by atoms with E-state index in [1.54, 1.807) is 28.4 Å². The van der Waals surface area contributed by atoms with Gasteiger partial charge in [0, 0.05) is 33.4 Å². The molecule has 0 N–H and O–H groups in total. The molecule has 0 unspecified atom stereocenters. The number of hydrogen-bond acceptors (Lipinski definition) is 7. The van der Waals surface area contributed by atoms with Gasteiger partial charge in [-0.25, -0.2) is 0 Å². The summed E-state index contributed by atoms with van der Waals surface area (Å²) < 4.78 is 35.9. The number of rotatable bonds is 5. The lowest BCUT2D eigenvalue weighted by Crippen LogP contribution is -2.71.